The van der Waals surface area contributed by atoms with Gasteiger partial charge in [0.1, 0.15) is 0 Å². The van der Waals surface area contributed by atoms with Crippen LogP contribution in [0.1, 0.15) is 32.8 Å². The SMILES string of the molecule is CCN(CCCO)c1cc(Cl)ccc1CNCC(C)C. The number of aliphatic hydroxyl groups excluding tert-OH is 1. The van der Waals surface area contributed by atoms with Crippen molar-refractivity contribution >= 4 is 17.3 Å². The van der Waals surface area contributed by atoms with Crippen LogP contribution in [0.25, 0.3) is 0 Å². The van der Waals surface area contributed by atoms with Crippen molar-refractivity contribution in [1.82, 2.24) is 5.32 Å². The molecule has 114 valence electrons. The molecule has 0 aliphatic rings. The molecule has 0 heterocycles. The lowest BCUT2D eigenvalue weighted by atomic mass is 10.1. The highest BCUT2D eigenvalue weighted by atomic mass is 35.5. The Kier molecular flexibility index (Phi) is 7.97. The lowest BCUT2D eigenvalue weighted by Gasteiger charge is -2.26. The predicted octanol–water partition coefficient (Wildman–Crippen LogP) is 3.29. The van der Waals surface area contributed by atoms with Gasteiger partial charge in [-0.2, -0.15) is 0 Å². The summed E-state index contributed by atoms with van der Waals surface area (Å²) in [4.78, 5) is 2.27. The van der Waals surface area contributed by atoms with Gasteiger partial charge in [0.15, 0.2) is 0 Å². The van der Waals surface area contributed by atoms with Crippen molar-refractivity contribution in [2.75, 3.05) is 31.1 Å². The summed E-state index contributed by atoms with van der Waals surface area (Å²) in [7, 11) is 0. The molecule has 0 saturated heterocycles. The minimum Gasteiger partial charge on any atom is -0.396 e. The second-order valence-electron chi connectivity index (χ2n) is 5.45. The van der Waals surface area contributed by atoms with Crippen LogP contribution < -0.4 is 10.2 Å². The summed E-state index contributed by atoms with van der Waals surface area (Å²) in [5.41, 5.74) is 2.43. The fourth-order valence-electron chi connectivity index (χ4n) is 2.19. The second-order valence-corrected chi connectivity index (χ2v) is 5.89. The van der Waals surface area contributed by atoms with Crippen molar-refractivity contribution in [2.45, 2.75) is 33.7 Å². The molecule has 0 unspecified atom stereocenters. The molecule has 3 nitrogen and oxygen atoms in total. The Labute approximate surface area is 127 Å². The quantitative estimate of drug-likeness (QED) is 0.734. The van der Waals surface area contributed by atoms with Crippen LogP contribution in [-0.4, -0.2) is 31.3 Å². The number of aliphatic hydroxyl groups is 1. The van der Waals surface area contributed by atoms with Crippen molar-refractivity contribution in [3.63, 3.8) is 0 Å². The number of nitrogens with zero attached hydrogens (tertiary/aromatic N) is 1. The van der Waals surface area contributed by atoms with Gasteiger partial charge >= 0.3 is 0 Å². The Morgan fingerprint density at radius 2 is 2.10 bits per heavy atom. The van der Waals surface area contributed by atoms with Crippen LogP contribution in [0, 0.1) is 5.92 Å². The lowest BCUT2D eigenvalue weighted by Crippen LogP contribution is -2.27. The maximum atomic E-state index is 9.02. The number of hydrogen-bond acceptors (Lipinski definition) is 3. The van der Waals surface area contributed by atoms with E-state index in [2.05, 4.69) is 37.1 Å². The number of hydrogen-bond donors (Lipinski definition) is 2. The van der Waals surface area contributed by atoms with Crippen LogP contribution in [0.2, 0.25) is 5.02 Å². The highest BCUT2D eigenvalue weighted by Crippen LogP contribution is 2.25. The van der Waals surface area contributed by atoms with E-state index in [1.165, 1.54) is 11.3 Å². The third kappa shape index (κ3) is 5.70. The first-order chi connectivity index (χ1) is 9.58. The zero-order chi connectivity index (χ0) is 15.0. The summed E-state index contributed by atoms with van der Waals surface area (Å²) >= 11 is 6.14. The Hall–Kier alpha value is -0.770. The summed E-state index contributed by atoms with van der Waals surface area (Å²) in [5.74, 6) is 0.641. The molecule has 0 bridgehead atoms. The zero-order valence-corrected chi connectivity index (χ0v) is 13.6. The Balaban J connectivity index is 2.82. The molecule has 1 aromatic rings. The smallest absolute Gasteiger partial charge is 0.0447 e. The highest BCUT2D eigenvalue weighted by molar-refractivity contribution is 6.30. The summed E-state index contributed by atoms with van der Waals surface area (Å²) in [5, 5.41) is 13.3. The number of anilines is 1. The van der Waals surface area contributed by atoms with Crippen LogP contribution in [0.3, 0.4) is 0 Å². The molecular weight excluding hydrogens is 272 g/mol. The molecule has 20 heavy (non-hydrogen) atoms. The number of halogens is 1. The van der Waals surface area contributed by atoms with Crippen molar-refractivity contribution < 1.29 is 5.11 Å². The highest BCUT2D eigenvalue weighted by Gasteiger charge is 2.10. The molecule has 0 aromatic heterocycles. The minimum atomic E-state index is 0.220. The molecule has 0 fully saturated rings. The van der Waals surface area contributed by atoms with Crippen LogP contribution in [0.15, 0.2) is 18.2 Å². The molecule has 1 aromatic carbocycles. The molecule has 0 aliphatic carbocycles. The number of benzene rings is 1. The van der Waals surface area contributed by atoms with E-state index in [4.69, 9.17) is 16.7 Å². The van der Waals surface area contributed by atoms with Gasteiger partial charge in [-0.15, -0.1) is 0 Å². The van der Waals surface area contributed by atoms with E-state index in [0.29, 0.717) is 5.92 Å². The van der Waals surface area contributed by atoms with E-state index in [0.717, 1.165) is 37.6 Å². The van der Waals surface area contributed by atoms with Gasteiger partial charge in [-0.05, 0) is 43.5 Å². The fraction of sp³-hybridized carbons (Fsp3) is 0.625. The van der Waals surface area contributed by atoms with Crippen LogP contribution in [0.4, 0.5) is 5.69 Å². The molecule has 0 spiro atoms. The first kappa shape index (κ1) is 17.3. The predicted molar refractivity (Wildman–Crippen MR) is 87.6 cm³/mol. The van der Waals surface area contributed by atoms with Gasteiger partial charge in [0.05, 0.1) is 0 Å². The summed E-state index contributed by atoms with van der Waals surface area (Å²) in [6.07, 6.45) is 0.777. The average Bonchev–Trinajstić information content (AvgIpc) is 2.41. The molecule has 1 rings (SSSR count). The Bertz CT molecular complexity index is 396. The maximum absolute atomic E-state index is 9.02. The van der Waals surface area contributed by atoms with E-state index in [1.54, 1.807) is 0 Å². The Morgan fingerprint density at radius 1 is 1.35 bits per heavy atom. The zero-order valence-electron chi connectivity index (χ0n) is 12.8. The largest absolute Gasteiger partial charge is 0.396 e. The van der Waals surface area contributed by atoms with Crippen LogP contribution >= 0.6 is 11.6 Å². The van der Waals surface area contributed by atoms with Crippen LogP contribution in [0.5, 0.6) is 0 Å². The third-order valence-corrected chi connectivity index (χ3v) is 3.46. The second kappa shape index (κ2) is 9.22. The molecule has 0 saturated carbocycles. The van der Waals surface area contributed by atoms with Crippen molar-refractivity contribution in [2.24, 2.45) is 5.92 Å². The fourth-order valence-corrected chi connectivity index (χ4v) is 2.35. The standard InChI is InChI=1S/C16H27ClN2O/c1-4-19(8-5-9-20)16-10-15(17)7-6-14(16)12-18-11-13(2)3/h6-7,10,13,18,20H,4-5,8-9,11-12H2,1-3H3. The normalized spacial score (nSPS) is 11.1. The molecule has 0 amide bonds. The topological polar surface area (TPSA) is 35.5 Å². The number of rotatable bonds is 9. The first-order valence-electron chi connectivity index (χ1n) is 7.43. The van der Waals surface area contributed by atoms with Gasteiger partial charge in [0.2, 0.25) is 0 Å². The van der Waals surface area contributed by atoms with E-state index >= 15 is 0 Å². The van der Waals surface area contributed by atoms with Gasteiger partial charge in [-0.3, -0.25) is 0 Å². The average molecular weight is 299 g/mol. The van der Waals surface area contributed by atoms with Gasteiger partial charge in [-0.25, -0.2) is 0 Å². The van der Waals surface area contributed by atoms with E-state index < -0.39 is 0 Å². The van der Waals surface area contributed by atoms with Gasteiger partial charge in [0.25, 0.3) is 0 Å². The van der Waals surface area contributed by atoms with E-state index in [-0.39, 0.29) is 6.61 Å². The monoisotopic (exact) mass is 298 g/mol. The summed E-state index contributed by atoms with van der Waals surface area (Å²) < 4.78 is 0. The van der Waals surface area contributed by atoms with Crippen molar-refractivity contribution in [3.05, 3.63) is 28.8 Å². The molecular formula is C16H27ClN2O. The van der Waals surface area contributed by atoms with Crippen molar-refractivity contribution in [3.8, 4) is 0 Å². The van der Waals surface area contributed by atoms with E-state index in [1.807, 2.05) is 12.1 Å². The maximum Gasteiger partial charge on any atom is 0.0447 e. The van der Waals surface area contributed by atoms with Gasteiger partial charge in [-0.1, -0.05) is 31.5 Å². The van der Waals surface area contributed by atoms with E-state index in [9.17, 15) is 0 Å². The Morgan fingerprint density at radius 3 is 2.70 bits per heavy atom. The first-order valence-corrected chi connectivity index (χ1v) is 7.81. The molecule has 4 heteroatoms. The molecule has 0 atom stereocenters. The third-order valence-electron chi connectivity index (χ3n) is 3.22. The summed E-state index contributed by atoms with van der Waals surface area (Å²) in [6.45, 7) is 10.4. The lowest BCUT2D eigenvalue weighted by molar-refractivity contribution is 0.289. The minimum absolute atomic E-state index is 0.220. The van der Waals surface area contributed by atoms with Gasteiger partial charge in [0, 0.05) is 37.0 Å². The molecule has 0 aliphatic heterocycles. The van der Waals surface area contributed by atoms with Crippen LogP contribution in [-0.2, 0) is 6.54 Å². The summed E-state index contributed by atoms with van der Waals surface area (Å²) in [6, 6.07) is 6.05. The molecule has 0 radical (unpaired) electrons. The van der Waals surface area contributed by atoms with Gasteiger partial charge < -0.3 is 15.3 Å². The number of nitrogens with one attached hydrogen (secondary N) is 1. The molecule has 2 N–H and O–H groups in total. The van der Waals surface area contributed by atoms with Crippen molar-refractivity contribution in [1.29, 1.82) is 0 Å².